The monoisotopic (exact) mass is 144 g/mol. The maximum atomic E-state index is 5.63. The Morgan fingerprint density at radius 1 is 1.78 bits per heavy atom. The number of nitrogens with one attached hydrogen (secondary N) is 1. The molecule has 1 aromatic heterocycles. The van der Waals surface area contributed by atoms with Gasteiger partial charge >= 0.3 is 0 Å². The Balaban J connectivity index is 2.76. The summed E-state index contributed by atoms with van der Waals surface area (Å²) in [5.41, 5.74) is 0. The molecule has 1 atom stereocenters. The zero-order chi connectivity index (χ0) is 6.69. The Morgan fingerprint density at radius 2 is 2.56 bits per heavy atom. The molecule has 0 bridgehead atoms. The van der Waals surface area contributed by atoms with Crippen molar-refractivity contribution in [1.82, 2.24) is 20.6 Å². The van der Waals surface area contributed by atoms with Gasteiger partial charge in [0.2, 0.25) is 0 Å². The summed E-state index contributed by atoms with van der Waals surface area (Å²) in [6, 6.07) is 0. The lowest BCUT2D eigenvalue weighted by atomic mass is 10.4. The summed E-state index contributed by atoms with van der Waals surface area (Å²) >= 11 is 5.63. The van der Waals surface area contributed by atoms with Crippen LogP contribution in [0.1, 0.15) is 11.2 Å². The molecular formula is C4H5ClN4. The third-order valence-electron chi connectivity index (χ3n) is 0.815. The van der Waals surface area contributed by atoms with Gasteiger partial charge in [-0.05, 0) is 0 Å². The summed E-state index contributed by atoms with van der Waals surface area (Å²) in [5.74, 6) is 0.451. The minimum absolute atomic E-state index is 0.344. The van der Waals surface area contributed by atoms with Crippen LogP contribution in [0.5, 0.6) is 0 Å². The average Bonchev–Trinajstić information content (AvgIpc) is 2.37. The SMILES string of the molecule is C=CC(Cl)c1nn[nH]n1. The first kappa shape index (κ1) is 6.22. The van der Waals surface area contributed by atoms with Crippen LogP contribution in [-0.2, 0) is 0 Å². The van der Waals surface area contributed by atoms with E-state index in [2.05, 4.69) is 27.2 Å². The van der Waals surface area contributed by atoms with Gasteiger partial charge in [0, 0.05) is 0 Å². The van der Waals surface area contributed by atoms with Crippen LogP contribution in [0.4, 0.5) is 0 Å². The Morgan fingerprint density at radius 3 is 3.00 bits per heavy atom. The topological polar surface area (TPSA) is 54.5 Å². The van der Waals surface area contributed by atoms with Gasteiger partial charge in [0.15, 0.2) is 5.82 Å². The van der Waals surface area contributed by atoms with Crippen molar-refractivity contribution in [1.29, 1.82) is 0 Å². The highest BCUT2D eigenvalue weighted by Crippen LogP contribution is 2.14. The standard InChI is InChI=1S/C4H5ClN4/c1-2-3(5)4-6-8-9-7-4/h2-3H,1H2,(H,6,7,8,9). The highest BCUT2D eigenvalue weighted by molar-refractivity contribution is 6.21. The Bertz CT molecular complexity index is 182. The molecule has 0 radical (unpaired) electrons. The third-order valence-corrected chi connectivity index (χ3v) is 1.19. The van der Waals surface area contributed by atoms with Crippen LogP contribution in [0.2, 0.25) is 0 Å². The Hall–Kier alpha value is -0.900. The van der Waals surface area contributed by atoms with Crippen molar-refractivity contribution in [3.8, 4) is 0 Å². The lowest BCUT2D eigenvalue weighted by molar-refractivity contribution is 0.881. The Labute approximate surface area is 56.9 Å². The van der Waals surface area contributed by atoms with Crippen molar-refractivity contribution in [2.75, 3.05) is 0 Å². The number of alkyl halides is 1. The molecule has 1 N–H and O–H groups in total. The number of aromatic amines is 1. The smallest absolute Gasteiger partial charge is 0.177 e. The first-order valence-corrected chi connectivity index (χ1v) is 2.78. The van der Waals surface area contributed by atoms with Crippen molar-refractivity contribution in [2.45, 2.75) is 5.38 Å². The lowest BCUT2D eigenvalue weighted by Crippen LogP contribution is -1.87. The normalized spacial score (nSPS) is 13.0. The van der Waals surface area contributed by atoms with Gasteiger partial charge in [0.25, 0.3) is 0 Å². The van der Waals surface area contributed by atoms with Crippen molar-refractivity contribution in [2.24, 2.45) is 0 Å². The molecule has 0 spiro atoms. The fourth-order valence-electron chi connectivity index (χ4n) is 0.392. The van der Waals surface area contributed by atoms with Gasteiger partial charge < -0.3 is 0 Å². The van der Waals surface area contributed by atoms with E-state index in [-0.39, 0.29) is 5.38 Å². The maximum absolute atomic E-state index is 5.63. The predicted octanol–water partition coefficient (Wildman–Crippen LogP) is 0.666. The quantitative estimate of drug-likeness (QED) is 0.490. The van der Waals surface area contributed by atoms with Gasteiger partial charge in [0.05, 0.1) is 0 Å². The summed E-state index contributed by atoms with van der Waals surface area (Å²) in [7, 11) is 0. The number of H-pyrrole nitrogens is 1. The first-order chi connectivity index (χ1) is 4.34. The summed E-state index contributed by atoms with van der Waals surface area (Å²) < 4.78 is 0. The van der Waals surface area contributed by atoms with Gasteiger partial charge in [-0.15, -0.1) is 28.4 Å². The zero-order valence-corrected chi connectivity index (χ0v) is 5.34. The third kappa shape index (κ3) is 1.26. The van der Waals surface area contributed by atoms with Gasteiger partial charge in [0.1, 0.15) is 5.38 Å². The van der Waals surface area contributed by atoms with E-state index < -0.39 is 0 Å². The summed E-state index contributed by atoms with van der Waals surface area (Å²) in [6.07, 6.45) is 1.53. The molecule has 0 amide bonds. The van der Waals surface area contributed by atoms with E-state index in [1.165, 1.54) is 6.08 Å². The number of allylic oxidation sites excluding steroid dienone is 1. The van der Waals surface area contributed by atoms with Crippen molar-refractivity contribution < 1.29 is 0 Å². The van der Waals surface area contributed by atoms with E-state index in [1.807, 2.05) is 0 Å². The molecular weight excluding hydrogens is 140 g/mol. The van der Waals surface area contributed by atoms with Crippen molar-refractivity contribution in [3.63, 3.8) is 0 Å². The fraction of sp³-hybridized carbons (Fsp3) is 0.250. The number of hydrogen-bond donors (Lipinski definition) is 1. The van der Waals surface area contributed by atoms with Crippen LogP contribution in [-0.4, -0.2) is 20.6 Å². The molecule has 0 aliphatic heterocycles. The molecule has 5 heteroatoms. The van der Waals surface area contributed by atoms with Crippen LogP contribution < -0.4 is 0 Å². The second kappa shape index (κ2) is 2.59. The van der Waals surface area contributed by atoms with Crippen molar-refractivity contribution >= 4 is 11.6 Å². The molecule has 0 aliphatic carbocycles. The van der Waals surface area contributed by atoms with Crippen LogP contribution in [0, 0.1) is 0 Å². The minimum Gasteiger partial charge on any atom is -0.177 e. The van der Waals surface area contributed by atoms with Gasteiger partial charge in [-0.3, -0.25) is 0 Å². The highest BCUT2D eigenvalue weighted by atomic mass is 35.5. The zero-order valence-electron chi connectivity index (χ0n) is 4.58. The molecule has 1 rings (SSSR count). The second-order valence-corrected chi connectivity index (χ2v) is 1.88. The van der Waals surface area contributed by atoms with Crippen LogP contribution in [0.15, 0.2) is 12.7 Å². The van der Waals surface area contributed by atoms with Gasteiger partial charge in [-0.25, -0.2) is 0 Å². The molecule has 1 heterocycles. The number of nitrogens with zero attached hydrogens (tertiary/aromatic N) is 3. The van der Waals surface area contributed by atoms with Crippen LogP contribution in [0.3, 0.4) is 0 Å². The van der Waals surface area contributed by atoms with Crippen molar-refractivity contribution in [3.05, 3.63) is 18.5 Å². The average molecular weight is 145 g/mol. The van der Waals surface area contributed by atoms with E-state index in [0.717, 1.165) is 0 Å². The van der Waals surface area contributed by atoms with Gasteiger partial charge in [-0.2, -0.15) is 5.21 Å². The summed E-state index contributed by atoms with van der Waals surface area (Å²) in [5, 5.41) is 12.5. The number of halogens is 1. The molecule has 1 unspecified atom stereocenters. The summed E-state index contributed by atoms with van der Waals surface area (Å²) in [6.45, 7) is 3.46. The van der Waals surface area contributed by atoms with E-state index in [0.29, 0.717) is 5.82 Å². The van der Waals surface area contributed by atoms with Crippen LogP contribution >= 0.6 is 11.6 Å². The molecule has 0 aliphatic rings. The Kier molecular flexibility index (Phi) is 1.79. The maximum Gasteiger partial charge on any atom is 0.196 e. The molecule has 0 saturated heterocycles. The number of hydrogen-bond acceptors (Lipinski definition) is 3. The van der Waals surface area contributed by atoms with Crippen LogP contribution in [0.25, 0.3) is 0 Å². The van der Waals surface area contributed by atoms with E-state index in [4.69, 9.17) is 11.6 Å². The van der Waals surface area contributed by atoms with E-state index in [1.54, 1.807) is 0 Å². The molecule has 0 aromatic carbocycles. The fourth-order valence-corrected chi connectivity index (χ4v) is 0.484. The van der Waals surface area contributed by atoms with Gasteiger partial charge in [-0.1, -0.05) is 11.3 Å². The molecule has 48 valence electrons. The molecule has 0 fully saturated rings. The number of tetrazole rings is 1. The minimum atomic E-state index is -0.344. The molecule has 0 saturated carbocycles. The molecule has 9 heavy (non-hydrogen) atoms. The second-order valence-electron chi connectivity index (χ2n) is 1.41. The first-order valence-electron chi connectivity index (χ1n) is 2.34. The van der Waals surface area contributed by atoms with E-state index >= 15 is 0 Å². The molecule has 1 aromatic rings. The summed E-state index contributed by atoms with van der Waals surface area (Å²) in [4.78, 5) is 0. The highest BCUT2D eigenvalue weighted by Gasteiger charge is 2.05. The lowest BCUT2D eigenvalue weighted by Gasteiger charge is -1.90. The number of rotatable bonds is 2. The van der Waals surface area contributed by atoms with E-state index in [9.17, 15) is 0 Å². The predicted molar refractivity (Wildman–Crippen MR) is 33.0 cm³/mol. The largest absolute Gasteiger partial charge is 0.196 e. The molecule has 4 nitrogen and oxygen atoms in total. The number of aromatic nitrogens is 4.